The summed E-state index contributed by atoms with van der Waals surface area (Å²) < 4.78 is 15.4. The van der Waals surface area contributed by atoms with Crippen LogP contribution in [0.25, 0.3) is 0 Å². The van der Waals surface area contributed by atoms with Gasteiger partial charge in [0.25, 0.3) is 5.91 Å². The zero-order chi connectivity index (χ0) is 17.4. The Labute approximate surface area is 136 Å². The van der Waals surface area contributed by atoms with Crippen LogP contribution in [-0.2, 0) is 9.53 Å². The lowest BCUT2D eigenvalue weighted by molar-refractivity contribution is -0.133. The molecule has 6 heteroatoms. The maximum atomic E-state index is 12.3. The van der Waals surface area contributed by atoms with E-state index in [1.54, 1.807) is 23.1 Å². The number of methoxy groups -OCH3 is 2. The number of benzene rings is 1. The van der Waals surface area contributed by atoms with Gasteiger partial charge in [0.1, 0.15) is 17.1 Å². The van der Waals surface area contributed by atoms with Crippen LogP contribution in [0.3, 0.4) is 0 Å². The SMILES string of the molecule is C=C(C)CN(CC)C(=O)COC(=O)c1c(OC)cccc1OC. The van der Waals surface area contributed by atoms with Gasteiger partial charge in [-0.05, 0) is 26.0 Å². The highest BCUT2D eigenvalue weighted by molar-refractivity contribution is 5.96. The van der Waals surface area contributed by atoms with E-state index in [-0.39, 0.29) is 18.1 Å². The smallest absolute Gasteiger partial charge is 0.346 e. The van der Waals surface area contributed by atoms with Crippen LogP contribution in [0.15, 0.2) is 30.4 Å². The lowest BCUT2D eigenvalue weighted by atomic mass is 10.2. The molecule has 0 heterocycles. The second kappa shape index (κ2) is 8.82. The van der Waals surface area contributed by atoms with Crippen molar-refractivity contribution in [3.63, 3.8) is 0 Å². The first-order chi connectivity index (χ1) is 10.9. The maximum absolute atomic E-state index is 12.3. The molecule has 0 aliphatic heterocycles. The van der Waals surface area contributed by atoms with Gasteiger partial charge in [-0.25, -0.2) is 4.79 Å². The van der Waals surface area contributed by atoms with Gasteiger partial charge in [0.2, 0.25) is 0 Å². The number of ether oxygens (including phenoxy) is 3. The lowest BCUT2D eigenvalue weighted by Crippen LogP contribution is -2.35. The lowest BCUT2D eigenvalue weighted by Gasteiger charge is -2.21. The molecule has 0 aromatic heterocycles. The molecule has 0 aliphatic carbocycles. The molecule has 1 amide bonds. The first kappa shape index (κ1) is 18.5. The van der Waals surface area contributed by atoms with E-state index in [9.17, 15) is 9.59 Å². The normalized spacial score (nSPS) is 9.91. The summed E-state index contributed by atoms with van der Waals surface area (Å²) in [6.07, 6.45) is 0. The molecule has 0 N–H and O–H groups in total. The fraction of sp³-hybridized carbons (Fsp3) is 0.412. The molecule has 1 aromatic carbocycles. The summed E-state index contributed by atoms with van der Waals surface area (Å²) in [4.78, 5) is 25.9. The van der Waals surface area contributed by atoms with Gasteiger partial charge in [-0.15, -0.1) is 0 Å². The number of carbonyl (C=O) groups excluding carboxylic acids is 2. The minimum Gasteiger partial charge on any atom is -0.496 e. The first-order valence-electron chi connectivity index (χ1n) is 7.24. The third-order valence-corrected chi connectivity index (χ3v) is 3.15. The highest BCUT2D eigenvalue weighted by Gasteiger charge is 2.21. The van der Waals surface area contributed by atoms with Crippen molar-refractivity contribution in [2.45, 2.75) is 13.8 Å². The molecule has 6 nitrogen and oxygen atoms in total. The van der Waals surface area contributed by atoms with Crippen molar-refractivity contribution in [3.8, 4) is 11.5 Å². The molecule has 1 rings (SSSR count). The molecule has 0 aliphatic rings. The molecule has 0 fully saturated rings. The molecule has 0 atom stereocenters. The van der Waals surface area contributed by atoms with Crippen LogP contribution in [0.5, 0.6) is 11.5 Å². The van der Waals surface area contributed by atoms with Gasteiger partial charge >= 0.3 is 5.97 Å². The highest BCUT2D eigenvalue weighted by Crippen LogP contribution is 2.28. The number of esters is 1. The standard InChI is InChI=1S/C17H23NO5/c1-6-18(10-12(2)3)15(19)11-23-17(20)16-13(21-4)8-7-9-14(16)22-5/h7-9H,2,6,10-11H2,1,3-5H3. The van der Waals surface area contributed by atoms with Crippen LogP contribution in [0.2, 0.25) is 0 Å². The van der Waals surface area contributed by atoms with Crippen molar-refractivity contribution in [1.82, 2.24) is 4.90 Å². The molecular formula is C17H23NO5. The predicted molar refractivity (Wildman–Crippen MR) is 86.9 cm³/mol. The van der Waals surface area contributed by atoms with Gasteiger partial charge < -0.3 is 19.1 Å². The van der Waals surface area contributed by atoms with E-state index in [2.05, 4.69) is 6.58 Å². The highest BCUT2D eigenvalue weighted by atomic mass is 16.5. The summed E-state index contributed by atoms with van der Waals surface area (Å²) in [6, 6.07) is 4.95. The quantitative estimate of drug-likeness (QED) is 0.543. The van der Waals surface area contributed by atoms with E-state index >= 15 is 0 Å². The van der Waals surface area contributed by atoms with Crippen LogP contribution < -0.4 is 9.47 Å². The summed E-state index contributed by atoms with van der Waals surface area (Å²) in [5, 5.41) is 0. The molecule has 0 unspecified atom stereocenters. The molecular weight excluding hydrogens is 298 g/mol. The van der Waals surface area contributed by atoms with Crippen molar-refractivity contribution < 1.29 is 23.8 Å². The van der Waals surface area contributed by atoms with E-state index in [1.807, 2.05) is 13.8 Å². The Morgan fingerprint density at radius 3 is 2.17 bits per heavy atom. The van der Waals surface area contributed by atoms with Crippen LogP contribution in [0.1, 0.15) is 24.2 Å². The molecule has 23 heavy (non-hydrogen) atoms. The Bertz CT molecular complexity index is 560. The monoisotopic (exact) mass is 321 g/mol. The first-order valence-corrected chi connectivity index (χ1v) is 7.24. The molecule has 0 saturated heterocycles. The largest absolute Gasteiger partial charge is 0.496 e. The molecule has 0 bridgehead atoms. The topological polar surface area (TPSA) is 65.1 Å². The van der Waals surface area contributed by atoms with Crippen LogP contribution in [0.4, 0.5) is 0 Å². The average molecular weight is 321 g/mol. The van der Waals surface area contributed by atoms with Gasteiger partial charge in [0.15, 0.2) is 6.61 Å². The van der Waals surface area contributed by atoms with Crippen molar-refractivity contribution in [3.05, 3.63) is 35.9 Å². The van der Waals surface area contributed by atoms with Crippen LogP contribution in [0, 0.1) is 0 Å². The molecule has 1 aromatic rings. The summed E-state index contributed by atoms with van der Waals surface area (Å²) in [6.45, 7) is 8.07. The molecule has 0 radical (unpaired) electrons. The Morgan fingerprint density at radius 2 is 1.74 bits per heavy atom. The van der Waals surface area contributed by atoms with Crippen molar-refractivity contribution in [2.75, 3.05) is 33.9 Å². The number of nitrogens with zero attached hydrogens (tertiary/aromatic N) is 1. The fourth-order valence-electron chi connectivity index (χ4n) is 2.05. The minimum absolute atomic E-state index is 0.160. The van der Waals surface area contributed by atoms with E-state index in [0.29, 0.717) is 24.6 Å². The second-order valence-electron chi connectivity index (χ2n) is 4.98. The fourth-order valence-corrected chi connectivity index (χ4v) is 2.05. The maximum Gasteiger partial charge on any atom is 0.346 e. The van der Waals surface area contributed by atoms with Gasteiger partial charge in [-0.2, -0.15) is 0 Å². The van der Waals surface area contributed by atoms with Gasteiger partial charge in [-0.1, -0.05) is 18.2 Å². The number of carbonyl (C=O) groups is 2. The summed E-state index contributed by atoms with van der Waals surface area (Å²) >= 11 is 0. The molecule has 126 valence electrons. The van der Waals surface area contributed by atoms with Gasteiger partial charge in [0.05, 0.1) is 14.2 Å². The Morgan fingerprint density at radius 1 is 1.17 bits per heavy atom. The second-order valence-corrected chi connectivity index (χ2v) is 4.98. The van der Waals surface area contributed by atoms with Crippen LogP contribution >= 0.6 is 0 Å². The van der Waals surface area contributed by atoms with Crippen molar-refractivity contribution >= 4 is 11.9 Å². The third kappa shape index (κ3) is 5.02. The average Bonchev–Trinajstić information content (AvgIpc) is 2.55. The van der Waals surface area contributed by atoms with E-state index in [1.165, 1.54) is 14.2 Å². The number of rotatable bonds is 8. The zero-order valence-electron chi connectivity index (χ0n) is 14.0. The number of hydrogen-bond donors (Lipinski definition) is 0. The summed E-state index contributed by atoms with van der Waals surface area (Å²) in [5.74, 6) is -0.288. The Balaban J connectivity index is 2.81. The van der Waals surface area contributed by atoms with E-state index < -0.39 is 5.97 Å². The van der Waals surface area contributed by atoms with Gasteiger partial charge in [0, 0.05) is 13.1 Å². The van der Waals surface area contributed by atoms with Crippen LogP contribution in [-0.4, -0.2) is 50.7 Å². The number of likely N-dealkylation sites (N-methyl/N-ethyl adjacent to an activating group) is 1. The zero-order valence-corrected chi connectivity index (χ0v) is 14.0. The van der Waals surface area contributed by atoms with E-state index in [4.69, 9.17) is 14.2 Å². The molecule has 0 saturated carbocycles. The van der Waals surface area contributed by atoms with Crippen molar-refractivity contribution in [2.24, 2.45) is 0 Å². The molecule has 0 spiro atoms. The Hall–Kier alpha value is -2.50. The summed E-state index contributed by atoms with van der Waals surface area (Å²) in [5.41, 5.74) is 1.02. The van der Waals surface area contributed by atoms with E-state index in [0.717, 1.165) is 5.57 Å². The third-order valence-electron chi connectivity index (χ3n) is 3.15. The van der Waals surface area contributed by atoms with Crippen molar-refractivity contribution in [1.29, 1.82) is 0 Å². The number of hydrogen-bond acceptors (Lipinski definition) is 5. The summed E-state index contributed by atoms with van der Waals surface area (Å²) in [7, 11) is 2.89. The Kier molecular flexibility index (Phi) is 7.12. The number of amides is 1. The van der Waals surface area contributed by atoms with Gasteiger partial charge in [-0.3, -0.25) is 4.79 Å². The predicted octanol–water partition coefficient (Wildman–Crippen LogP) is 2.29. The minimum atomic E-state index is -0.668.